The molecule has 0 aromatic heterocycles. The van der Waals surface area contributed by atoms with Crippen LogP contribution < -0.4 is 0 Å². The molecule has 2 heterocycles. The molecule has 1 nitrogen and oxygen atoms in total. The Morgan fingerprint density at radius 3 is 2.50 bits per heavy atom. The van der Waals surface area contributed by atoms with Gasteiger partial charge in [0.05, 0.1) is 0 Å². The van der Waals surface area contributed by atoms with Crippen LogP contribution >= 0.6 is 0 Å². The van der Waals surface area contributed by atoms with Gasteiger partial charge in [0.15, 0.2) is 0 Å². The van der Waals surface area contributed by atoms with E-state index in [1.54, 1.807) is 0 Å². The molecule has 0 saturated carbocycles. The smallest absolute Gasteiger partial charge is 0.0121 e. The second kappa shape index (κ2) is 2.54. The van der Waals surface area contributed by atoms with Crippen LogP contribution in [0.2, 0.25) is 0 Å². The number of piperidine rings is 1. The molecular formula is C9H17N. The van der Waals surface area contributed by atoms with Crippen LogP contribution in [-0.2, 0) is 0 Å². The Kier molecular flexibility index (Phi) is 1.69. The molecule has 2 aliphatic rings. The first-order valence-electron chi connectivity index (χ1n) is 4.62. The zero-order chi connectivity index (χ0) is 6.97. The quantitative estimate of drug-likeness (QED) is 0.495. The van der Waals surface area contributed by atoms with Gasteiger partial charge >= 0.3 is 0 Å². The molecule has 2 rings (SSSR count). The minimum atomic E-state index is 0.966. The van der Waals surface area contributed by atoms with Gasteiger partial charge in [-0.2, -0.15) is 0 Å². The maximum absolute atomic E-state index is 2.69. The fourth-order valence-corrected chi connectivity index (χ4v) is 2.58. The van der Waals surface area contributed by atoms with Crippen LogP contribution in [0, 0.1) is 5.92 Å². The predicted octanol–water partition coefficient (Wildman–Crippen LogP) is 1.88. The lowest BCUT2D eigenvalue weighted by Gasteiger charge is -2.34. The van der Waals surface area contributed by atoms with Gasteiger partial charge in [-0.1, -0.05) is 6.92 Å². The van der Waals surface area contributed by atoms with Crippen molar-refractivity contribution >= 4 is 0 Å². The first-order chi connectivity index (χ1) is 4.88. The molecule has 1 heteroatoms. The zero-order valence-corrected chi connectivity index (χ0v) is 6.84. The summed E-state index contributed by atoms with van der Waals surface area (Å²) >= 11 is 0. The van der Waals surface area contributed by atoms with Gasteiger partial charge in [-0.25, -0.2) is 0 Å². The van der Waals surface area contributed by atoms with E-state index in [4.69, 9.17) is 0 Å². The van der Waals surface area contributed by atoms with Gasteiger partial charge in [-0.3, -0.25) is 0 Å². The lowest BCUT2D eigenvalue weighted by molar-refractivity contribution is 0.144. The second-order valence-corrected chi connectivity index (χ2v) is 3.87. The van der Waals surface area contributed by atoms with E-state index in [1.165, 1.54) is 38.8 Å². The molecular weight excluding hydrogens is 122 g/mol. The molecule has 0 radical (unpaired) electrons. The highest BCUT2D eigenvalue weighted by Crippen LogP contribution is 2.30. The molecule has 0 aromatic rings. The van der Waals surface area contributed by atoms with Gasteiger partial charge in [-0.05, 0) is 44.7 Å². The number of hydrogen-bond donors (Lipinski definition) is 0. The summed E-state index contributed by atoms with van der Waals surface area (Å²) in [7, 11) is 0. The Morgan fingerprint density at radius 1 is 1.10 bits per heavy atom. The summed E-state index contributed by atoms with van der Waals surface area (Å²) in [5.74, 6) is 0.983. The predicted molar refractivity (Wildman–Crippen MR) is 43.0 cm³/mol. The molecule has 0 unspecified atom stereocenters. The monoisotopic (exact) mass is 139 g/mol. The minimum absolute atomic E-state index is 0.966. The lowest BCUT2D eigenvalue weighted by atomic mass is 9.91. The zero-order valence-electron chi connectivity index (χ0n) is 6.84. The van der Waals surface area contributed by atoms with E-state index in [0.717, 1.165) is 12.0 Å². The first-order valence-corrected chi connectivity index (χ1v) is 4.62. The number of nitrogens with zero attached hydrogens (tertiary/aromatic N) is 1. The second-order valence-electron chi connectivity index (χ2n) is 3.87. The third-order valence-electron chi connectivity index (χ3n) is 3.18. The third kappa shape index (κ3) is 0.968. The van der Waals surface area contributed by atoms with Crippen molar-refractivity contribution in [3.05, 3.63) is 0 Å². The molecule has 0 bridgehead atoms. The third-order valence-corrected chi connectivity index (χ3v) is 3.18. The summed E-state index contributed by atoms with van der Waals surface area (Å²) in [5, 5.41) is 0. The number of rotatable bonds is 0. The fraction of sp³-hybridized carbons (Fsp3) is 1.00. The van der Waals surface area contributed by atoms with Crippen LogP contribution in [0.3, 0.4) is 0 Å². The lowest BCUT2D eigenvalue weighted by Crippen LogP contribution is -2.39. The highest BCUT2D eigenvalue weighted by molar-refractivity contribution is 4.86. The van der Waals surface area contributed by atoms with Crippen molar-refractivity contribution in [2.75, 3.05) is 13.1 Å². The average molecular weight is 139 g/mol. The van der Waals surface area contributed by atoms with Crippen LogP contribution in [0.25, 0.3) is 0 Å². The maximum Gasteiger partial charge on any atom is 0.0121 e. The molecule has 2 atom stereocenters. The fourth-order valence-electron chi connectivity index (χ4n) is 2.58. The molecule has 2 saturated heterocycles. The van der Waals surface area contributed by atoms with E-state index in [2.05, 4.69) is 11.8 Å². The van der Waals surface area contributed by atoms with Crippen molar-refractivity contribution in [2.45, 2.75) is 38.6 Å². The molecule has 0 N–H and O–H groups in total. The van der Waals surface area contributed by atoms with E-state index in [0.29, 0.717) is 0 Å². The molecule has 0 aliphatic carbocycles. The first kappa shape index (κ1) is 6.66. The van der Waals surface area contributed by atoms with E-state index in [9.17, 15) is 0 Å². The van der Waals surface area contributed by atoms with E-state index >= 15 is 0 Å². The van der Waals surface area contributed by atoms with Crippen molar-refractivity contribution < 1.29 is 0 Å². The Bertz CT molecular complexity index is 122. The highest BCUT2D eigenvalue weighted by Gasteiger charge is 2.31. The average Bonchev–Trinajstić information content (AvgIpc) is 2.36. The summed E-state index contributed by atoms with van der Waals surface area (Å²) < 4.78 is 0. The standard InChI is InChI=1S/C9H17N/c1-8-4-2-6-10-7-3-5-9(8)10/h8-9H,2-7H2,1H3/t8-,9-/m1/s1. The summed E-state index contributed by atoms with van der Waals surface area (Å²) in [6.45, 7) is 5.19. The van der Waals surface area contributed by atoms with Gasteiger partial charge in [-0.15, -0.1) is 0 Å². The van der Waals surface area contributed by atoms with Crippen LogP contribution in [0.4, 0.5) is 0 Å². The summed E-state index contributed by atoms with van der Waals surface area (Å²) in [5.41, 5.74) is 0. The van der Waals surface area contributed by atoms with Gasteiger partial charge in [0.25, 0.3) is 0 Å². The van der Waals surface area contributed by atoms with E-state index < -0.39 is 0 Å². The van der Waals surface area contributed by atoms with Crippen molar-refractivity contribution in [1.29, 1.82) is 0 Å². The minimum Gasteiger partial charge on any atom is -0.300 e. The van der Waals surface area contributed by atoms with Crippen molar-refractivity contribution in [3.63, 3.8) is 0 Å². The van der Waals surface area contributed by atoms with Crippen molar-refractivity contribution in [2.24, 2.45) is 5.92 Å². The molecule has 10 heavy (non-hydrogen) atoms. The SMILES string of the molecule is C[C@@H]1CCCN2CCC[C@H]12. The molecule has 2 fully saturated rings. The number of hydrogen-bond acceptors (Lipinski definition) is 1. The summed E-state index contributed by atoms with van der Waals surface area (Å²) in [6.07, 6.45) is 5.84. The molecule has 0 amide bonds. The highest BCUT2D eigenvalue weighted by atomic mass is 15.2. The van der Waals surface area contributed by atoms with Crippen LogP contribution in [0.1, 0.15) is 32.6 Å². The van der Waals surface area contributed by atoms with Gasteiger partial charge in [0.1, 0.15) is 0 Å². The van der Waals surface area contributed by atoms with Gasteiger partial charge in [0, 0.05) is 6.04 Å². The molecule has 0 spiro atoms. The van der Waals surface area contributed by atoms with Gasteiger partial charge < -0.3 is 4.90 Å². The topological polar surface area (TPSA) is 3.24 Å². The normalized spacial score (nSPS) is 41.7. The van der Waals surface area contributed by atoms with Crippen LogP contribution in [0.5, 0.6) is 0 Å². The van der Waals surface area contributed by atoms with Crippen LogP contribution in [-0.4, -0.2) is 24.0 Å². The summed E-state index contributed by atoms with van der Waals surface area (Å²) in [6, 6.07) is 0.966. The van der Waals surface area contributed by atoms with E-state index in [1.807, 2.05) is 0 Å². The largest absolute Gasteiger partial charge is 0.300 e. The van der Waals surface area contributed by atoms with Crippen molar-refractivity contribution in [3.8, 4) is 0 Å². The summed E-state index contributed by atoms with van der Waals surface area (Å²) in [4.78, 5) is 2.69. The van der Waals surface area contributed by atoms with Crippen molar-refractivity contribution in [1.82, 2.24) is 4.90 Å². The maximum atomic E-state index is 2.69. The Morgan fingerprint density at radius 2 is 1.80 bits per heavy atom. The molecule has 0 aromatic carbocycles. The molecule has 2 aliphatic heterocycles. The van der Waals surface area contributed by atoms with Gasteiger partial charge in [0.2, 0.25) is 0 Å². The Labute approximate surface area is 63.4 Å². The Balaban J connectivity index is 2.03. The Hall–Kier alpha value is -0.0400. The van der Waals surface area contributed by atoms with E-state index in [-0.39, 0.29) is 0 Å². The molecule has 58 valence electrons. The number of fused-ring (bicyclic) bond motifs is 1. The van der Waals surface area contributed by atoms with Crippen LogP contribution in [0.15, 0.2) is 0 Å².